The van der Waals surface area contributed by atoms with Crippen LogP contribution in [0.3, 0.4) is 0 Å². The Labute approximate surface area is 183 Å². The van der Waals surface area contributed by atoms with E-state index >= 15 is 0 Å². The zero-order valence-corrected chi connectivity index (χ0v) is 18.1. The van der Waals surface area contributed by atoms with Crippen LogP contribution in [0.25, 0.3) is 0 Å². The molecule has 0 spiro atoms. The molecule has 0 unspecified atom stereocenters. The van der Waals surface area contributed by atoms with E-state index in [2.05, 4.69) is 20.9 Å². The Hall–Kier alpha value is -2.73. The molecular formula is C20H27F3N4O5. The van der Waals surface area contributed by atoms with Crippen molar-refractivity contribution in [2.75, 3.05) is 39.5 Å². The van der Waals surface area contributed by atoms with Crippen molar-refractivity contribution in [3.8, 4) is 0 Å². The highest BCUT2D eigenvalue weighted by molar-refractivity contribution is 5.94. The fraction of sp³-hybridized carbons (Fsp3) is 0.600. The molecule has 0 fully saturated rings. The lowest BCUT2D eigenvalue weighted by Crippen LogP contribution is -2.34. The van der Waals surface area contributed by atoms with Crippen LogP contribution >= 0.6 is 0 Å². The van der Waals surface area contributed by atoms with Crippen molar-refractivity contribution in [3.63, 3.8) is 0 Å². The summed E-state index contributed by atoms with van der Waals surface area (Å²) in [6, 6.07) is 4.96. The van der Waals surface area contributed by atoms with Crippen molar-refractivity contribution in [1.29, 1.82) is 0 Å². The Bertz CT molecular complexity index is 801. The molecule has 0 radical (unpaired) electrons. The normalized spacial score (nSPS) is 14.7. The molecule has 32 heavy (non-hydrogen) atoms. The average molecular weight is 460 g/mol. The van der Waals surface area contributed by atoms with Gasteiger partial charge in [0.2, 0.25) is 0 Å². The Kier molecular flexibility index (Phi) is 8.56. The summed E-state index contributed by atoms with van der Waals surface area (Å²) in [5, 5.41) is 11.4. The number of halogens is 3. The standard InChI is InChI=1S/C20H27F3N4O5/c1-18(2,3)32-17(29)25-9-11-31-13-12-30-10-8-24-16(28)14-4-6-15(7-5-14)19(26-27-19)20(21,22)23/h4-7H,8-13H2,1-3H3,(H,24,28)(H,25,29). The van der Waals surface area contributed by atoms with Gasteiger partial charge in [-0.15, -0.1) is 10.2 Å². The summed E-state index contributed by atoms with van der Waals surface area (Å²) < 4.78 is 54.6. The van der Waals surface area contributed by atoms with Gasteiger partial charge in [-0.3, -0.25) is 4.79 Å². The molecule has 1 aromatic rings. The molecule has 12 heteroatoms. The Morgan fingerprint density at radius 2 is 1.44 bits per heavy atom. The number of carbonyl (C=O) groups excluding carboxylic acids is 2. The third kappa shape index (κ3) is 7.75. The van der Waals surface area contributed by atoms with Crippen molar-refractivity contribution in [1.82, 2.24) is 10.6 Å². The SMILES string of the molecule is CC(C)(C)OC(=O)NCCOCCOCCNC(=O)c1ccc(C2(C(F)(F)F)N=N2)cc1. The second kappa shape index (κ2) is 10.7. The maximum absolute atomic E-state index is 13.0. The van der Waals surface area contributed by atoms with Gasteiger partial charge in [0.15, 0.2) is 0 Å². The molecule has 1 heterocycles. The van der Waals surface area contributed by atoms with Crippen LogP contribution in [0.2, 0.25) is 0 Å². The van der Waals surface area contributed by atoms with E-state index in [1.165, 1.54) is 24.3 Å². The molecule has 0 aromatic heterocycles. The number of alkyl halides is 3. The number of nitrogens with one attached hydrogen (secondary N) is 2. The number of ether oxygens (including phenoxy) is 3. The van der Waals surface area contributed by atoms with Gasteiger partial charge in [0, 0.05) is 24.2 Å². The van der Waals surface area contributed by atoms with Gasteiger partial charge in [0.1, 0.15) is 5.60 Å². The summed E-state index contributed by atoms with van der Waals surface area (Å²) in [7, 11) is 0. The maximum atomic E-state index is 13.0. The summed E-state index contributed by atoms with van der Waals surface area (Å²) in [6.45, 7) is 6.97. The lowest BCUT2D eigenvalue weighted by Gasteiger charge is -2.19. The van der Waals surface area contributed by atoms with Crippen molar-refractivity contribution in [2.45, 2.75) is 38.2 Å². The van der Waals surface area contributed by atoms with Gasteiger partial charge in [-0.25, -0.2) is 4.79 Å². The van der Waals surface area contributed by atoms with Gasteiger partial charge in [-0.2, -0.15) is 13.2 Å². The predicted octanol–water partition coefficient (Wildman–Crippen LogP) is 3.16. The predicted molar refractivity (Wildman–Crippen MR) is 107 cm³/mol. The molecule has 0 saturated heterocycles. The monoisotopic (exact) mass is 460 g/mol. The van der Waals surface area contributed by atoms with Crippen LogP contribution in [0.4, 0.5) is 18.0 Å². The smallest absolute Gasteiger partial charge is 0.442 e. The van der Waals surface area contributed by atoms with Crippen LogP contribution in [-0.2, 0) is 19.9 Å². The molecule has 1 aromatic carbocycles. The van der Waals surface area contributed by atoms with E-state index in [1.807, 2.05) is 0 Å². The number of carbonyl (C=O) groups is 2. The number of benzene rings is 1. The first-order valence-corrected chi connectivity index (χ1v) is 9.96. The van der Waals surface area contributed by atoms with Crippen molar-refractivity contribution < 1.29 is 37.0 Å². The molecule has 0 aliphatic carbocycles. The van der Waals surface area contributed by atoms with E-state index in [-0.39, 0.29) is 24.3 Å². The fourth-order valence-corrected chi connectivity index (χ4v) is 2.50. The molecule has 0 atom stereocenters. The van der Waals surface area contributed by atoms with Crippen molar-refractivity contribution in [3.05, 3.63) is 35.4 Å². The minimum atomic E-state index is -4.60. The molecule has 0 saturated carbocycles. The number of amides is 2. The van der Waals surface area contributed by atoms with Gasteiger partial charge in [0.25, 0.3) is 5.91 Å². The number of alkyl carbamates (subject to hydrolysis) is 1. The highest BCUT2D eigenvalue weighted by Gasteiger charge is 2.65. The molecule has 0 bridgehead atoms. The molecule has 178 valence electrons. The Morgan fingerprint density at radius 1 is 0.906 bits per heavy atom. The van der Waals surface area contributed by atoms with E-state index in [9.17, 15) is 22.8 Å². The zero-order valence-electron chi connectivity index (χ0n) is 18.1. The van der Waals surface area contributed by atoms with Crippen LogP contribution in [0.1, 0.15) is 36.7 Å². The molecule has 2 rings (SSSR count). The first-order valence-electron chi connectivity index (χ1n) is 9.96. The second-order valence-electron chi connectivity index (χ2n) is 7.86. The van der Waals surface area contributed by atoms with Gasteiger partial charge < -0.3 is 24.8 Å². The average Bonchev–Trinajstić information content (AvgIpc) is 3.50. The lowest BCUT2D eigenvalue weighted by molar-refractivity contribution is -0.166. The van der Waals surface area contributed by atoms with Crippen LogP contribution in [0.15, 0.2) is 34.5 Å². The minimum Gasteiger partial charge on any atom is -0.444 e. The number of hydrogen-bond donors (Lipinski definition) is 2. The molecule has 2 N–H and O–H groups in total. The number of rotatable bonds is 11. The summed E-state index contributed by atoms with van der Waals surface area (Å²) in [6.07, 6.45) is -5.12. The second-order valence-corrected chi connectivity index (χ2v) is 7.86. The van der Waals surface area contributed by atoms with E-state index in [4.69, 9.17) is 14.2 Å². The molecule has 1 aliphatic rings. The first-order chi connectivity index (χ1) is 14.9. The minimum absolute atomic E-state index is 0.133. The van der Waals surface area contributed by atoms with E-state index in [0.29, 0.717) is 26.4 Å². The van der Waals surface area contributed by atoms with E-state index < -0.39 is 29.4 Å². The van der Waals surface area contributed by atoms with Crippen LogP contribution < -0.4 is 10.6 Å². The van der Waals surface area contributed by atoms with Gasteiger partial charge in [-0.05, 0) is 32.9 Å². The Balaban J connectivity index is 1.53. The van der Waals surface area contributed by atoms with Crippen LogP contribution in [-0.4, -0.2) is 63.3 Å². The summed E-state index contributed by atoms with van der Waals surface area (Å²) >= 11 is 0. The summed E-state index contributed by atoms with van der Waals surface area (Å²) in [5.41, 5.74) is -2.97. The topological polar surface area (TPSA) is 111 Å². The highest BCUT2D eigenvalue weighted by atomic mass is 19.4. The molecule has 2 amide bonds. The van der Waals surface area contributed by atoms with Gasteiger partial charge >= 0.3 is 17.9 Å². The van der Waals surface area contributed by atoms with E-state index in [1.54, 1.807) is 20.8 Å². The quantitative estimate of drug-likeness (QED) is 0.493. The summed E-state index contributed by atoms with van der Waals surface area (Å²) in [4.78, 5) is 23.5. The van der Waals surface area contributed by atoms with Crippen LogP contribution in [0, 0.1) is 0 Å². The zero-order chi connectivity index (χ0) is 23.8. The number of nitrogens with zero attached hydrogens (tertiary/aromatic N) is 2. The highest BCUT2D eigenvalue weighted by Crippen LogP contribution is 2.52. The van der Waals surface area contributed by atoms with Crippen LogP contribution in [0.5, 0.6) is 0 Å². The van der Waals surface area contributed by atoms with Gasteiger partial charge in [-0.1, -0.05) is 12.1 Å². The number of hydrogen-bond acceptors (Lipinski definition) is 7. The molecular weight excluding hydrogens is 433 g/mol. The Morgan fingerprint density at radius 3 is 1.91 bits per heavy atom. The molecule has 9 nitrogen and oxygen atoms in total. The lowest BCUT2D eigenvalue weighted by atomic mass is 10.0. The van der Waals surface area contributed by atoms with Crippen molar-refractivity contribution >= 4 is 12.0 Å². The first kappa shape index (κ1) is 25.5. The van der Waals surface area contributed by atoms with Crippen molar-refractivity contribution in [2.24, 2.45) is 10.2 Å². The fourth-order valence-electron chi connectivity index (χ4n) is 2.50. The van der Waals surface area contributed by atoms with E-state index in [0.717, 1.165) is 0 Å². The third-order valence-electron chi connectivity index (χ3n) is 4.06. The molecule has 1 aliphatic heterocycles. The largest absolute Gasteiger partial charge is 0.444 e. The third-order valence-corrected chi connectivity index (χ3v) is 4.06. The summed E-state index contributed by atoms with van der Waals surface area (Å²) in [5.74, 6) is -0.435. The van der Waals surface area contributed by atoms with Gasteiger partial charge in [0.05, 0.1) is 26.4 Å². The maximum Gasteiger partial charge on any atom is 0.442 e.